The molecule has 0 unspecified atom stereocenters. The monoisotopic (exact) mass is 443 g/mol. The van der Waals surface area contributed by atoms with Crippen molar-refractivity contribution in [3.8, 4) is 22.4 Å². The summed E-state index contributed by atoms with van der Waals surface area (Å²) in [5.41, 5.74) is 4.60. The molecule has 0 aliphatic rings. The topological polar surface area (TPSA) is 50.2 Å². The minimum atomic E-state index is -0.921. The first kappa shape index (κ1) is 21.1. The average molecular weight is 445 g/mol. The summed E-state index contributed by atoms with van der Waals surface area (Å²) in [4.78, 5) is 16.5. The summed E-state index contributed by atoms with van der Waals surface area (Å²) < 4.78 is 0. The number of hydrogen-bond acceptors (Lipinski definition) is 2. The van der Waals surface area contributed by atoms with Gasteiger partial charge in [0.1, 0.15) is 0 Å². The number of carboxylic acids is 1. The fourth-order valence-corrected chi connectivity index (χ4v) is 3.68. The Morgan fingerprint density at radius 3 is 2.17 bits per heavy atom. The first-order valence-corrected chi connectivity index (χ1v) is 9.44. The molecule has 1 heterocycles. The molecule has 1 aromatic heterocycles. The molecule has 6 heteroatoms. The highest BCUT2D eigenvalue weighted by Gasteiger charge is 2.20. The van der Waals surface area contributed by atoms with Crippen LogP contribution in [0.4, 0.5) is 0 Å². The molecule has 0 radical (unpaired) electrons. The lowest BCUT2D eigenvalue weighted by Crippen LogP contribution is -2.06. The smallest absolute Gasteiger partial charge is 0.307 e. The Morgan fingerprint density at radius 2 is 1.52 bits per heavy atom. The Kier molecular flexibility index (Phi) is 6.43. The molecule has 146 valence electrons. The largest absolute Gasteiger partial charge is 0.481 e. The number of pyridine rings is 1. The molecular weight excluding hydrogens is 429 g/mol. The molecule has 0 bridgehead atoms. The molecule has 0 aliphatic heterocycles. The fraction of sp³-hybridized carbons (Fsp3) is 0.0435. The lowest BCUT2D eigenvalue weighted by atomic mass is 9.90. The van der Waals surface area contributed by atoms with Gasteiger partial charge in [-0.1, -0.05) is 65.7 Å². The lowest BCUT2D eigenvalue weighted by molar-refractivity contribution is -0.136. The van der Waals surface area contributed by atoms with Crippen molar-refractivity contribution in [2.45, 2.75) is 6.42 Å². The average Bonchev–Trinajstić information content (AvgIpc) is 2.68. The fourth-order valence-electron chi connectivity index (χ4n) is 3.38. The van der Waals surface area contributed by atoms with Crippen LogP contribution < -0.4 is 0 Å². The quantitative estimate of drug-likeness (QED) is 0.371. The van der Waals surface area contributed by atoms with E-state index in [-0.39, 0.29) is 18.8 Å². The first-order chi connectivity index (χ1) is 13.5. The van der Waals surface area contributed by atoms with Gasteiger partial charge in [-0.05, 0) is 47.0 Å². The van der Waals surface area contributed by atoms with Crippen molar-refractivity contribution in [1.82, 2.24) is 4.98 Å². The number of carbonyl (C=O) groups is 1. The van der Waals surface area contributed by atoms with E-state index in [1.807, 2.05) is 54.6 Å². The summed E-state index contributed by atoms with van der Waals surface area (Å²) in [5, 5.41) is 11.6. The van der Waals surface area contributed by atoms with Crippen molar-refractivity contribution in [3.05, 3.63) is 88.4 Å². The van der Waals surface area contributed by atoms with Crippen molar-refractivity contribution in [2.24, 2.45) is 0 Å². The lowest BCUT2D eigenvalue weighted by Gasteiger charge is -2.17. The van der Waals surface area contributed by atoms with E-state index in [0.717, 1.165) is 27.6 Å². The van der Waals surface area contributed by atoms with Crippen molar-refractivity contribution < 1.29 is 9.90 Å². The van der Waals surface area contributed by atoms with Crippen LogP contribution in [0, 0.1) is 0 Å². The predicted octanol–water partition coefficient (Wildman–Crippen LogP) is 6.92. The highest BCUT2D eigenvalue weighted by atomic mass is 35.5. The standard InChI is InChI=1S/C23H15Cl2NO2.ClH/c24-16-8-6-15(7-9-16)23-19(13-21(27)28)22(14-4-2-1-3-5-14)18-12-17(25)10-11-20(18)26-23;/h1-12H,13H2,(H,27,28);1H. The molecule has 4 rings (SSSR count). The summed E-state index contributed by atoms with van der Waals surface area (Å²) in [6.07, 6.45) is -0.155. The van der Waals surface area contributed by atoms with Crippen LogP contribution in [0.1, 0.15) is 5.56 Å². The van der Waals surface area contributed by atoms with Crippen LogP contribution in [0.15, 0.2) is 72.8 Å². The number of rotatable bonds is 4. The molecule has 0 saturated carbocycles. The van der Waals surface area contributed by atoms with Crippen molar-refractivity contribution in [1.29, 1.82) is 0 Å². The SMILES string of the molecule is Cl.O=C(O)Cc1c(-c2ccc(Cl)cc2)nc2ccc(Cl)cc2c1-c1ccccc1. The second kappa shape index (κ2) is 8.83. The van der Waals surface area contributed by atoms with Gasteiger partial charge in [0.05, 0.1) is 17.6 Å². The maximum atomic E-state index is 11.7. The number of benzene rings is 3. The van der Waals surface area contributed by atoms with Crippen LogP contribution >= 0.6 is 35.6 Å². The second-order valence-electron chi connectivity index (χ2n) is 6.42. The Morgan fingerprint density at radius 1 is 0.862 bits per heavy atom. The maximum Gasteiger partial charge on any atom is 0.307 e. The van der Waals surface area contributed by atoms with Crippen molar-refractivity contribution in [3.63, 3.8) is 0 Å². The Bertz CT molecular complexity index is 1180. The van der Waals surface area contributed by atoms with E-state index >= 15 is 0 Å². The van der Waals surface area contributed by atoms with Crippen LogP contribution in [0.3, 0.4) is 0 Å². The Balaban J connectivity index is 0.00000240. The Hall–Kier alpha value is -2.59. The Labute approximate surface area is 184 Å². The molecule has 1 N–H and O–H groups in total. The van der Waals surface area contributed by atoms with Gasteiger partial charge in [0.2, 0.25) is 0 Å². The van der Waals surface area contributed by atoms with Crippen LogP contribution in [0.25, 0.3) is 33.3 Å². The zero-order chi connectivity index (χ0) is 19.7. The summed E-state index contributed by atoms with van der Waals surface area (Å²) in [5.74, 6) is -0.921. The summed E-state index contributed by atoms with van der Waals surface area (Å²) in [6.45, 7) is 0. The number of aromatic nitrogens is 1. The number of halogens is 3. The van der Waals surface area contributed by atoms with Crippen molar-refractivity contribution >= 4 is 52.5 Å². The van der Waals surface area contributed by atoms with Gasteiger partial charge in [0.25, 0.3) is 0 Å². The van der Waals surface area contributed by atoms with E-state index in [1.165, 1.54) is 0 Å². The van der Waals surface area contributed by atoms with Gasteiger partial charge in [0, 0.05) is 21.0 Å². The molecule has 0 saturated heterocycles. The van der Waals surface area contributed by atoms with Gasteiger partial charge < -0.3 is 5.11 Å². The van der Waals surface area contributed by atoms with Gasteiger partial charge in [-0.15, -0.1) is 12.4 Å². The van der Waals surface area contributed by atoms with Crippen LogP contribution in [0.2, 0.25) is 10.0 Å². The summed E-state index contributed by atoms with van der Waals surface area (Å²) in [7, 11) is 0. The highest BCUT2D eigenvalue weighted by Crippen LogP contribution is 2.38. The second-order valence-corrected chi connectivity index (χ2v) is 7.29. The molecule has 29 heavy (non-hydrogen) atoms. The number of aliphatic carboxylic acids is 1. The van der Waals surface area contributed by atoms with E-state index in [2.05, 4.69) is 0 Å². The van der Waals surface area contributed by atoms with Gasteiger partial charge in [-0.3, -0.25) is 4.79 Å². The number of hydrogen-bond donors (Lipinski definition) is 1. The van der Waals surface area contributed by atoms with E-state index in [1.54, 1.807) is 18.2 Å². The third kappa shape index (κ3) is 4.38. The maximum absolute atomic E-state index is 11.7. The molecule has 0 amide bonds. The zero-order valence-corrected chi connectivity index (χ0v) is 17.4. The minimum Gasteiger partial charge on any atom is -0.481 e. The molecule has 0 atom stereocenters. The van der Waals surface area contributed by atoms with Gasteiger partial charge >= 0.3 is 5.97 Å². The molecule has 0 fully saturated rings. The zero-order valence-electron chi connectivity index (χ0n) is 15.1. The summed E-state index contributed by atoms with van der Waals surface area (Å²) in [6, 6.07) is 22.5. The van der Waals surface area contributed by atoms with Crippen molar-refractivity contribution in [2.75, 3.05) is 0 Å². The molecule has 4 aromatic rings. The number of nitrogens with zero attached hydrogens (tertiary/aromatic N) is 1. The highest BCUT2D eigenvalue weighted by molar-refractivity contribution is 6.31. The molecule has 0 aliphatic carbocycles. The third-order valence-electron chi connectivity index (χ3n) is 4.56. The number of fused-ring (bicyclic) bond motifs is 1. The molecule has 0 spiro atoms. The molecular formula is C23H16Cl3NO2. The van der Waals surface area contributed by atoms with Crippen LogP contribution in [-0.4, -0.2) is 16.1 Å². The number of carboxylic acid groups (broad SMARTS) is 1. The van der Waals surface area contributed by atoms with E-state index in [0.29, 0.717) is 21.3 Å². The van der Waals surface area contributed by atoms with Gasteiger partial charge in [-0.25, -0.2) is 4.98 Å². The molecule has 3 aromatic carbocycles. The minimum absolute atomic E-state index is 0. The van der Waals surface area contributed by atoms with Gasteiger partial charge in [-0.2, -0.15) is 0 Å². The first-order valence-electron chi connectivity index (χ1n) is 8.68. The normalized spacial score (nSPS) is 10.6. The predicted molar refractivity (Wildman–Crippen MR) is 121 cm³/mol. The van der Waals surface area contributed by atoms with E-state index < -0.39 is 5.97 Å². The van der Waals surface area contributed by atoms with Gasteiger partial charge in [0.15, 0.2) is 0 Å². The van der Waals surface area contributed by atoms with E-state index in [9.17, 15) is 9.90 Å². The molecule has 3 nitrogen and oxygen atoms in total. The van der Waals surface area contributed by atoms with Crippen LogP contribution in [0.5, 0.6) is 0 Å². The van der Waals surface area contributed by atoms with Crippen LogP contribution in [-0.2, 0) is 11.2 Å². The summed E-state index contributed by atoms with van der Waals surface area (Å²) >= 11 is 12.3. The van der Waals surface area contributed by atoms with E-state index in [4.69, 9.17) is 28.2 Å². The third-order valence-corrected chi connectivity index (χ3v) is 5.04.